The second-order valence-corrected chi connectivity index (χ2v) is 5.31. The average Bonchev–Trinajstić information content (AvgIpc) is 2.70. The van der Waals surface area contributed by atoms with Gasteiger partial charge in [-0.25, -0.2) is 0 Å². The fraction of sp³-hybridized carbons (Fsp3) is 0.571. The normalized spacial score (nSPS) is 22.5. The number of nitrogens with one attached hydrogen (secondary N) is 2. The van der Waals surface area contributed by atoms with E-state index in [1.54, 1.807) is 19.9 Å². The Morgan fingerprint density at radius 2 is 2.21 bits per heavy atom. The van der Waals surface area contributed by atoms with Crippen LogP contribution in [-0.4, -0.2) is 28.6 Å². The second-order valence-electron chi connectivity index (χ2n) is 5.31. The first kappa shape index (κ1) is 13.8. The number of aromatic nitrogens is 1. The molecule has 104 valence electrons. The number of aliphatic hydroxyl groups excluding tert-OH is 1. The minimum atomic E-state index is -0.363. The standard InChI is InChI=1S/C14H20N2O3/c1-8-6-9(2)16-14(19)12(8)13(18)15-7-10-4-3-5-11(10)17/h6,10-11,17H,3-5,7H2,1-2H3,(H,15,18)(H,16,19). The van der Waals surface area contributed by atoms with Crippen LogP contribution in [0.25, 0.3) is 0 Å². The molecule has 3 N–H and O–H groups in total. The second kappa shape index (κ2) is 5.57. The molecule has 2 atom stereocenters. The summed E-state index contributed by atoms with van der Waals surface area (Å²) in [5.74, 6) is -0.258. The Balaban J connectivity index is 2.06. The molecule has 5 nitrogen and oxygen atoms in total. The third-order valence-corrected chi connectivity index (χ3v) is 3.74. The first-order chi connectivity index (χ1) is 8.99. The smallest absolute Gasteiger partial charge is 0.261 e. The lowest BCUT2D eigenvalue weighted by molar-refractivity contribution is 0.0914. The third kappa shape index (κ3) is 3.04. The molecule has 0 radical (unpaired) electrons. The number of aromatic amines is 1. The van der Waals surface area contributed by atoms with E-state index in [2.05, 4.69) is 10.3 Å². The molecule has 1 fully saturated rings. The van der Waals surface area contributed by atoms with Crippen molar-refractivity contribution in [1.29, 1.82) is 0 Å². The topological polar surface area (TPSA) is 82.2 Å². The van der Waals surface area contributed by atoms with Gasteiger partial charge in [-0.15, -0.1) is 0 Å². The number of hydrogen-bond acceptors (Lipinski definition) is 3. The van der Waals surface area contributed by atoms with E-state index in [1.807, 2.05) is 0 Å². The molecule has 1 aliphatic rings. The summed E-state index contributed by atoms with van der Waals surface area (Å²) in [6.07, 6.45) is 2.37. The van der Waals surface area contributed by atoms with Crippen molar-refractivity contribution in [3.8, 4) is 0 Å². The largest absolute Gasteiger partial charge is 0.393 e. The number of H-pyrrole nitrogens is 1. The van der Waals surface area contributed by atoms with E-state index in [-0.39, 0.29) is 29.1 Å². The van der Waals surface area contributed by atoms with E-state index < -0.39 is 0 Å². The van der Waals surface area contributed by atoms with Crippen LogP contribution in [0.2, 0.25) is 0 Å². The van der Waals surface area contributed by atoms with Gasteiger partial charge in [-0.3, -0.25) is 9.59 Å². The van der Waals surface area contributed by atoms with Crippen LogP contribution < -0.4 is 10.9 Å². The molecule has 1 aliphatic carbocycles. The van der Waals surface area contributed by atoms with Crippen molar-refractivity contribution in [2.24, 2.45) is 5.92 Å². The van der Waals surface area contributed by atoms with Crippen molar-refractivity contribution in [1.82, 2.24) is 10.3 Å². The lowest BCUT2D eigenvalue weighted by Crippen LogP contribution is -2.36. The number of pyridine rings is 1. The van der Waals surface area contributed by atoms with Gasteiger partial charge in [0.1, 0.15) is 5.56 Å². The monoisotopic (exact) mass is 264 g/mol. The Morgan fingerprint density at radius 1 is 1.47 bits per heavy atom. The van der Waals surface area contributed by atoms with Crippen molar-refractivity contribution < 1.29 is 9.90 Å². The summed E-state index contributed by atoms with van der Waals surface area (Å²) in [6, 6.07) is 1.78. The maximum Gasteiger partial charge on any atom is 0.261 e. The zero-order valence-corrected chi connectivity index (χ0v) is 11.3. The SMILES string of the molecule is Cc1cc(C)c(C(=O)NCC2CCCC2O)c(=O)[nH]1. The molecule has 2 rings (SSSR count). The van der Waals surface area contributed by atoms with E-state index in [1.165, 1.54) is 0 Å². The minimum Gasteiger partial charge on any atom is -0.393 e. The zero-order chi connectivity index (χ0) is 14.0. The Hall–Kier alpha value is -1.62. The lowest BCUT2D eigenvalue weighted by Gasteiger charge is -2.15. The highest BCUT2D eigenvalue weighted by Gasteiger charge is 2.26. The zero-order valence-electron chi connectivity index (χ0n) is 11.3. The van der Waals surface area contributed by atoms with E-state index in [0.717, 1.165) is 25.0 Å². The maximum atomic E-state index is 12.0. The number of amides is 1. The molecule has 1 aromatic rings. The van der Waals surface area contributed by atoms with Crippen molar-refractivity contribution >= 4 is 5.91 Å². The summed E-state index contributed by atoms with van der Waals surface area (Å²) in [6.45, 7) is 3.96. The van der Waals surface area contributed by atoms with Crippen molar-refractivity contribution in [2.45, 2.75) is 39.2 Å². The number of hydrogen-bond donors (Lipinski definition) is 3. The Kier molecular flexibility index (Phi) is 4.04. The third-order valence-electron chi connectivity index (χ3n) is 3.74. The molecule has 19 heavy (non-hydrogen) atoms. The van der Waals surface area contributed by atoms with Crippen LogP contribution in [0.4, 0.5) is 0 Å². The lowest BCUT2D eigenvalue weighted by atomic mass is 10.1. The summed E-state index contributed by atoms with van der Waals surface area (Å²) in [4.78, 5) is 26.5. The Bertz CT molecular complexity index is 536. The van der Waals surface area contributed by atoms with Crippen LogP contribution in [0, 0.1) is 19.8 Å². The number of aliphatic hydroxyl groups is 1. The number of rotatable bonds is 3. The molecule has 1 heterocycles. The molecule has 1 amide bonds. The van der Waals surface area contributed by atoms with Gasteiger partial charge in [0.25, 0.3) is 11.5 Å². The Labute approximate surface area is 112 Å². The fourth-order valence-electron chi connectivity index (χ4n) is 2.70. The van der Waals surface area contributed by atoms with Crippen LogP contribution >= 0.6 is 0 Å². The van der Waals surface area contributed by atoms with Crippen molar-refractivity contribution in [3.63, 3.8) is 0 Å². The van der Waals surface area contributed by atoms with Gasteiger partial charge >= 0.3 is 0 Å². The van der Waals surface area contributed by atoms with E-state index >= 15 is 0 Å². The highest BCUT2D eigenvalue weighted by Crippen LogP contribution is 2.24. The molecule has 2 unspecified atom stereocenters. The molecule has 0 saturated heterocycles. The fourth-order valence-corrected chi connectivity index (χ4v) is 2.70. The average molecular weight is 264 g/mol. The Morgan fingerprint density at radius 3 is 2.79 bits per heavy atom. The molecule has 5 heteroatoms. The predicted octanol–water partition coefficient (Wildman–Crippen LogP) is 0.883. The highest BCUT2D eigenvalue weighted by molar-refractivity contribution is 5.95. The summed E-state index contributed by atoms with van der Waals surface area (Å²) in [5, 5.41) is 12.5. The van der Waals surface area contributed by atoms with Gasteiger partial charge in [-0.2, -0.15) is 0 Å². The summed E-state index contributed by atoms with van der Waals surface area (Å²) in [7, 11) is 0. The van der Waals surface area contributed by atoms with Gasteiger partial charge in [-0.1, -0.05) is 6.42 Å². The molecule has 0 aromatic carbocycles. The molecular formula is C14H20N2O3. The number of aryl methyl sites for hydroxylation is 2. The van der Waals surface area contributed by atoms with Crippen LogP contribution in [0.1, 0.15) is 40.9 Å². The predicted molar refractivity (Wildman–Crippen MR) is 72.2 cm³/mol. The van der Waals surface area contributed by atoms with Crippen LogP contribution in [0.15, 0.2) is 10.9 Å². The van der Waals surface area contributed by atoms with E-state index in [4.69, 9.17) is 0 Å². The van der Waals surface area contributed by atoms with E-state index in [0.29, 0.717) is 12.1 Å². The quantitative estimate of drug-likeness (QED) is 0.758. The molecule has 1 aromatic heterocycles. The van der Waals surface area contributed by atoms with Gasteiger partial charge in [0, 0.05) is 18.2 Å². The van der Waals surface area contributed by atoms with Gasteiger partial charge in [0.05, 0.1) is 6.10 Å². The molecule has 0 bridgehead atoms. The first-order valence-electron chi connectivity index (χ1n) is 6.66. The summed E-state index contributed by atoms with van der Waals surface area (Å²) in [5.41, 5.74) is 1.22. The number of carbonyl (C=O) groups is 1. The van der Waals surface area contributed by atoms with Crippen LogP contribution in [0.3, 0.4) is 0 Å². The van der Waals surface area contributed by atoms with E-state index in [9.17, 15) is 14.7 Å². The molecular weight excluding hydrogens is 244 g/mol. The summed E-state index contributed by atoms with van der Waals surface area (Å²) < 4.78 is 0. The van der Waals surface area contributed by atoms with Gasteiger partial charge in [0.15, 0.2) is 0 Å². The van der Waals surface area contributed by atoms with Crippen LogP contribution in [0.5, 0.6) is 0 Å². The van der Waals surface area contributed by atoms with Gasteiger partial charge < -0.3 is 15.4 Å². The highest BCUT2D eigenvalue weighted by atomic mass is 16.3. The van der Waals surface area contributed by atoms with Crippen molar-refractivity contribution in [2.75, 3.05) is 6.54 Å². The van der Waals surface area contributed by atoms with Crippen molar-refractivity contribution in [3.05, 3.63) is 33.2 Å². The van der Waals surface area contributed by atoms with Gasteiger partial charge in [0.2, 0.25) is 0 Å². The van der Waals surface area contributed by atoms with Crippen LogP contribution in [-0.2, 0) is 0 Å². The molecule has 0 spiro atoms. The maximum absolute atomic E-state index is 12.0. The number of carbonyl (C=O) groups excluding carboxylic acids is 1. The molecule has 0 aliphatic heterocycles. The first-order valence-corrected chi connectivity index (χ1v) is 6.66. The summed E-state index contributed by atoms with van der Waals surface area (Å²) >= 11 is 0. The van der Waals surface area contributed by atoms with Gasteiger partial charge in [-0.05, 0) is 38.3 Å². The molecule has 1 saturated carbocycles. The minimum absolute atomic E-state index is 0.105.